The molecule has 3 aromatic rings. The molecule has 0 fully saturated rings. The number of rotatable bonds is 8. The number of amides is 2. The van der Waals surface area contributed by atoms with E-state index in [-0.39, 0.29) is 6.42 Å². The molecule has 1 N–H and O–H groups in total. The fourth-order valence-electron chi connectivity index (χ4n) is 4.17. The Morgan fingerprint density at radius 3 is 2.51 bits per heavy atom. The molecule has 1 atom stereocenters. The minimum atomic E-state index is -4.69. The maximum absolute atomic E-state index is 13.7. The lowest BCUT2D eigenvalue weighted by molar-refractivity contribution is -0.253. The van der Waals surface area contributed by atoms with Crippen LogP contribution in [0.3, 0.4) is 0 Å². The van der Waals surface area contributed by atoms with Gasteiger partial charge in [0.2, 0.25) is 0 Å². The van der Waals surface area contributed by atoms with Crippen molar-refractivity contribution in [2.45, 2.75) is 30.9 Å². The maximum Gasteiger partial charge on any atom is 0.461 e. The summed E-state index contributed by atoms with van der Waals surface area (Å²) < 4.78 is 57.5. The van der Waals surface area contributed by atoms with Crippen molar-refractivity contribution in [2.75, 3.05) is 13.1 Å². The van der Waals surface area contributed by atoms with Crippen molar-refractivity contribution in [3.63, 3.8) is 0 Å². The van der Waals surface area contributed by atoms with Crippen LogP contribution in [0.2, 0.25) is 5.02 Å². The van der Waals surface area contributed by atoms with Crippen molar-refractivity contribution in [1.29, 1.82) is 0 Å². The Balaban J connectivity index is 1.85. The molecule has 0 radical (unpaired) electrons. The van der Waals surface area contributed by atoms with Gasteiger partial charge in [0.05, 0.1) is 10.7 Å². The predicted molar refractivity (Wildman–Crippen MR) is 132 cm³/mol. The van der Waals surface area contributed by atoms with Crippen molar-refractivity contribution in [3.05, 3.63) is 107 Å². The Kier molecular flexibility index (Phi) is 8.02. The van der Waals surface area contributed by atoms with Crippen molar-refractivity contribution in [2.24, 2.45) is 0 Å². The van der Waals surface area contributed by atoms with Crippen molar-refractivity contribution < 1.29 is 27.1 Å². The largest absolute Gasteiger partial charge is 0.461 e. The zero-order valence-corrected chi connectivity index (χ0v) is 20.3. The molecule has 0 bridgehead atoms. The summed E-state index contributed by atoms with van der Waals surface area (Å²) in [5.74, 6) is -0.482. The number of halogens is 5. The first kappa shape index (κ1) is 26.5. The topological polar surface area (TPSA) is 54.5 Å². The molecule has 1 aliphatic rings. The molecule has 0 saturated heterocycles. The Morgan fingerprint density at radius 2 is 1.86 bits per heavy atom. The number of hydrogen-bond acceptors (Lipinski definition) is 3. The Morgan fingerprint density at radius 1 is 1.08 bits per heavy atom. The molecule has 0 spiro atoms. The minimum absolute atomic E-state index is 0.173. The van der Waals surface area contributed by atoms with E-state index in [0.29, 0.717) is 35.8 Å². The summed E-state index contributed by atoms with van der Waals surface area (Å²) in [6, 6.07) is 17.4. The first-order chi connectivity index (χ1) is 17.7. The summed E-state index contributed by atoms with van der Waals surface area (Å²) in [7, 11) is 0. The third kappa shape index (κ3) is 6.22. The number of nitrogens with zero attached hydrogens (tertiary/aromatic N) is 2. The second-order valence-corrected chi connectivity index (χ2v) is 8.99. The van der Waals surface area contributed by atoms with Crippen LogP contribution in [0.5, 0.6) is 5.75 Å². The van der Waals surface area contributed by atoms with E-state index in [9.17, 15) is 22.4 Å². The van der Waals surface area contributed by atoms with E-state index in [0.717, 1.165) is 11.6 Å². The number of ether oxygens (including phenoxy) is 1. The van der Waals surface area contributed by atoms with Crippen molar-refractivity contribution in [3.8, 4) is 5.75 Å². The predicted octanol–water partition coefficient (Wildman–Crippen LogP) is 6.43. The van der Waals surface area contributed by atoms with Crippen LogP contribution in [0, 0.1) is 0 Å². The first-order valence-corrected chi connectivity index (χ1v) is 11.9. The van der Waals surface area contributed by atoms with Gasteiger partial charge in [0.1, 0.15) is 11.3 Å². The normalized spacial score (nSPS) is 15.4. The van der Waals surface area contributed by atoms with Gasteiger partial charge in [0, 0.05) is 25.7 Å². The number of urea groups is 1. The Labute approximate surface area is 216 Å². The van der Waals surface area contributed by atoms with Crippen LogP contribution in [0.1, 0.15) is 23.2 Å². The summed E-state index contributed by atoms with van der Waals surface area (Å²) in [6.07, 6.45) is -2.58. The third-order valence-electron chi connectivity index (χ3n) is 5.98. The van der Waals surface area contributed by atoms with Gasteiger partial charge < -0.3 is 15.0 Å². The van der Waals surface area contributed by atoms with E-state index in [1.54, 1.807) is 23.1 Å². The zero-order chi connectivity index (χ0) is 26.5. The lowest BCUT2D eigenvalue weighted by Gasteiger charge is -2.38. The van der Waals surface area contributed by atoms with Gasteiger partial charge in [-0.2, -0.15) is 17.6 Å². The molecule has 4 rings (SSSR count). The molecule has 1 unspecified atom stereocenters. The van der Waals surface area contributed by atoms with Crippen LogP contribution >= 0.6 is 11.6 Å². The van der Waals surface area contributed by atoms with Gasteiger partial charge in [-0.25, -0.2) is 4.79 Å². The standard InChI is InChI=1S/C27H24ClF4N3O2/c28-21-12-13-23(33-18-21)26(17-19-8-3-1-4-9-19,34-25(36)35-14-5-2-6-15-35)20-10-7-11-22(16-20)37-27(31,32)24(29)30/h1-5,7-13,16,18,24H,6,14-15,17H2,(H,34,36). The average molecular weight is 534 g/mol. The molecule has 10 heteroatoms. The van der Waals surface area contributed by atoms with Crippen molar-refractivity contribution >= 4 is 17.6 Å². The monoisotopic (exact) mass is 533 g/mol. The molecule has 0 saturated carbocycles. The molecule has 2 aromatic carbocycles. The number of carbonyl (C=O) groups excluding carboxylic acids is 1. The number of benzene rings is 2. The van der Waals surface area contributed by atoms with Crippen molar-refractivity contribution in [1.82, 2.24) is 15.2 Å². The highest BCUT2D eigenvalue weighted by Gasteiger charge is 2.45. The quantitative estimate of drug-likeness (QED) is 0.268. The smallest absolute Gasteiger partial charge is 0.428 e. The maximum atomic E-state index is 13.7. The van der Waals surface area contributed by atoms with Gasteiger partial charge in [0.15, 0.2) is 0 Å². The number of carbonyl (C=O) groups is 1. The van der Waals surface area contributed by atoms with Gasteiger partial charge >= 0.3 is 18.6 Å². The number of aromatic nitrogens is 1. The van der Waals surface area contributed by atoms with Crippen LogP contribution in [0.25, 0.3) is 0 Å². The Bertz CT molecular complexity index is 1240. The van der Waals surface area contributed by atoms with E-state index in [2.05, 4.69) is 15.0 Å². The summed E-state index contributed by atoms with van der Waals surface area (Å²) in [6.45, 7) is 0.882. The SMILES string of the molecule is O=C(NC(Cc1ccccc1)(c1cccc(OC(F)(F)C(F)F)c1)c1ccc(Cl)cn1)N1CC=CCC1. The van der Waals surface area contributed by atoms with Gasteiger partial charge in [-0.1, -0.05) is 66.2 Å². The number of hydrogen-bond donors (Lipinski definition) is 1. The fraction of sp³-hybridized carbons (Fsp3) is 0.259. The molecule has 1 aromatic heterocycles. The van der Waals surface area contributed by atoms with Crippen LogP contribution in [-0.4, -0.2) is 41.5 Å². The molecule has 2 heterocycles. The third-order valence-corrected chi connectivity index (χ3v) is 6.20. The van der Waals surface area contributed by atoms with Crippen LogP contribution in [0.4, 0.5) is 22.4 Å². The summed E-state index contributed by atoms with van der Waals surface area (Å²) in [4.78, 5) is 19.6. The highest BCUT2D eigenvalue weighted by molar-refractivity contribution is 6.30. The Hall–Kier alpha value is -3.59. The number of pyridine rings is 1. The minimum Gasteiger partial charge on any atom is -0.428 e. The van der Waals surface area contributed by atoms with Gasteiger partial charge in [-0.05, 0) is 41.8 Å². The van der Waals surface area contributed by atoms with E-state index >= 15 is 0 Å². The summed E-state index contributed by atoms with van der Waals surface area (Å²) in [5, 5.41) is 3.43. The zero-order valence-electron chi connectivity index (χ0n) is 19.6. The lowest BCUT2D eigenvalue weighted by atomic mass is 9.80. The lowest BCUT2D eigenvalue weighted by Crippen LogP contribution is -2.54. The molecule has 0 aliphatic carbocycles. The summed E-state index contributed by atoms with van der Waals surface area (Å²) in [5.41, 5.74) is 0.111. The van der Waals surface area contributed by atoms with Crippen LogP contribution in [-0.2, 0) is 12.0 Å². The molecule has 194 valence electrons. The van der Waals surface area contributed by atoms with Crippen LogP contribution < -0.4 is 10.1 Å². The van der Waals surface area contributed by atoms with E-state index < -0.39 is 29.9 Å². The fourth-order valence-corrected chi connectivity index (χ4v) is 4.28. The average Bonchev–Trinajstić information content (AvgIpc) is 2.89. The van der Waals surface area contributed by atoms with Gasteiger partial charge in [-0.3, -0.25) is 4.98 Å². The molecular formula is C27H24ClF4N3O2. The van der Waals surface area contributed by atoms with Crippen LogP contribution in [0.15, 0.2) is 85.1 Å². The summed E-state index contributed by atoms with van der Waals surface area (Å²) >= 11 is 6.08. The number of nitrogens with one attached hydrogen (secondary N) is 1. The van der Waals surface area contributed by atoms with Gasteiger partial charge in [-0.15, -0.1) is 0 Å². The molecule has 37 heavy (non-hydrogen) atoms. The van der Waals surface area contributed by atoms with Gasteiger partial charge in [0.25, 0.3) is 0 Å². The highest BCUT2D eigenvalue weighted by atomic mass is 35.5. The first-order valence-electron chi connectivity index (χ1n) is 11.5. The second-order valence-electron chi connectivity index (χ2n) is 8.56. The molecular weight excluding hydrogens is 510 g/mol. The number of alkyl halides is 4. The second kappa shape index (κ2) is 11.2. The molecule has 2 amide bonds. The molecule has 5 nitrogen and oxygen atoms in total. The van der Waals surface area contributed by atoms with E-state index in [4.69, 9.17) is 11.6 Å². The van der Waals surface area contributed by atoms with E-state index in [1.165, 1.54) is 18.3 Å². The van der Waals surface area contributed by atoms with E-state index in [1.807, 2.05) is 42.5 Å². The highest BCUT2D eigenvalue weighted by Crippen LogP contribution is 2.36. The molecule has 1 aliphatic heterocycles.